The molecular weight excluding hydrogens is 240 g/mol. The first-order valence-corrected chi connectivity index (χ1v) is 5.42. The van der Waals surface area contributed by atoms with E-state index in [1.165, 1.54) is 23.6 Å². The van der Waals surface area contributed by atoms with E-state index in [4.69, 9.17) is 5.11 Å². The number of aryl methyl sites for hydroxylation is 1. The number of nitro groups is 1. The first-order chi connectivity index (χ1) is 8.25. The van der Waals surface area contributed by atoms with Gasteiger partial charge in [0, 0.05) is 13.1 Å². The first-order valence-electron chi connectivity index (χ1n) is 5.42. The lowest BCUT2D eigenvalue weighted by Crippen LogP contribution is -2.28. The van der Waals surface area contributed by atoms with Gasteiger partial charge in [-0.2, -0.15) is 5.10 Å². The number of hydrogen-bond acceptors (Lipinski definition) is 5. The van der Waals surface area contributed by atoms with Gasteiger partial charge in [-0.15, -0.1) is 0 Å². The maximum Gasteiger partial charge on any atom is 0.333 e. The van der Waals surface area contributed by atoms with Gasteiger partial charge in [0.15, 0.2) is 0 Å². The molecule has 1 rings (SSSR count). The molecule has 0 fully saturated rings. The Kier molecular flexibility index (Phi) is 3.89. The van der Waals surface area contributed by atoms with Crippen molar-refractivity contribution in [2.24, 2.45) is 0 Å². The first kappa shape index (κ1) is 13.9. The van der Waals surface area contributed by atoms with E-state index >= 15 is 0 Å². The van der Waals surface area contributed by atoms with E-state index in [9.17, 15) is 14.9 Å². The summed E-state index contributed by atoms with van der Waals surface area (Å²) in [5.74, 6) is -0.837. The number of anilines is 1. The summed E-state index contributed by atoms with van der Waals surface area (Å²) < 4.78 is 1.47. The van der Waals surface area contributed by atoms with Gasteiger partial charge >= 0.3 is 11.7 Å². The fraction of sp³-hybridized carbons (Fsp3) is 0.600. The van der Waals surface area contributed by atoms with Crippen LogP contribution in [-0.4, -0.2) is 39.4 Å². The van der Waals surface area contributed by atoms with Crippen molar-refractivity contribution < 1.29 is 14.8 Å². The molecule has 0 aliphatic carbocycles. The molecule has 100 valence electrons. The molecule has 0 aromatic carbocycles. The average Bonchev–Trinajstić information content (AvgIpc) is 2.54. The van der Waals surface area contributed by atoms with Crippen molar-refractivity contribution >= 4 is 17.5 Å². The van der Waals surface area contributed by atoms with Crippen molar-refractivity contribution in [2.45, 2.75) is 26.8 Å². The van der Waals surface area contributed by atoms with E-state index in [0.717, 1.165) is 0 Å². The number of aromatic nitrogens is 2. The smallest absolute Gasteiger partial charge is 0.333 e. The van der Waals surface area contributed by atoms with Crippen LogP contribution in [0.4, 0.5) is 11.5 Å². The van der Waals surface area contributed by atoms with Crippen LogP contribution in [0, 0.1) is 17.0 Å². The molecule has 1 N–H and O–H groups in total. The molecule has 1 heterocycles. The summed E-state index contributed by atoms with van der Waals surface area (Å²) in [5.41, 5.74) is 0.133. The molecule has 18 heavy (non-hydrogen) atoms. The highest BCUT2D eigenvalue weighted by Gasteiger charge is 2.29. The molecule has 0 radical (unpaired) electrons. The highest BCUT2D eigenvalue weighted by atomic mass is 16.6. The molecular formula is C10H16N4O4. The maximum absolute atomic E-state index is 11.0. The fourth-order valence-electron chi connectivity index (χ4n) is 1.73. The number of likely N-dealkylation sites (N-methyl/N-ethyl adjacent to an activating group) is 1. The van der Waals surface area contributed by atoms with Crippen LogP contribution in [0.15, 0.2) is 0 Å². The minimum absolute atomic E-state index is 0.0938. The Morgan fingerprint density at radius 2 is 2.17 bits per heavy atom. The lowest BCUT2D eigenvalue weighted by atomic mass is 10.3. The predicted molar refractivity (Wildman–Crippen MR) is 64.9 cm³/mol. The van der Waals surface area contributed by atoms with E-state index in [2.05, 4.69) is 5.10 Å². The van der Waals surface area contributed by atoms with E-state index in [-0.39, 0.29) is 29.8 Å². The highest BCUT2D eigenvalue weighted by Crippen LogP contribution is 2.32. The third kappa shape index (κ3) is 2.58. The summed E-state index contributed by atoms with van der Waals surface area (Å²) in [5, 5.41) is 23.9. The number of rotatable bonds is 5. The zero-order valence-corrected chi connectivity index (χ0v) is 10.7. The second kappa shape index (κ2) is 5.03. The molecule has 0 bridgehead atoms. The van der Waals surface area contributed by atoms with Crippen LogP contribution in [0.5, 0.6) is 0 Å². The van der Waals surface area contributed by atoms with Crippen molar-refractivity contribution in [3.8, 4) is 0 Å². The minimum atomic E-state index is -1.05. The van der Waals surface area contributed by atoms with Crippen molar-refractivity contribution in [1.82, 2.24) is 9.78 Å². The molecule has 1 aromatic rings. The number of carboxylic acid groups (broad SMARTS) is 1. The monoisotopic (exact) mass is 256 g/mol. The van der Waals surface area contributed by atoms with E-state index < -0.39 is 10.9 Å². The molecule has 0 atom stereocenters. The third-order valence-corrected chi connectivity index (χ3v) is 2.43. The Balaban J connectivity index is 3.36. The molecule has 0 spiro atoms. The number of hydrogen-bond donors (Lipinski definition) is 1. The summed E-state index contributed by atoms with van der Waals surface area (Å²) >= 11 is 0. The molecule has 1 aromatic heterocycles. The summed E-state index contributed by atoms with van der Waals surface area (Å²) in [6.45, 7) is 4.87. The van der Waals surface area contributed by atoms with E-state index in [1.54, 1.807) is 0 Å². The van der Waals surface area contributed by atoms with Gasteiger partial charge in [0.25, 0.3) is 0 Å². The van der Waals surface area contributed by atoms with E-state index in [0.29, 0.717) is 0 Å². The zero-order chi connectivity index (χ0) is 14.0. The largest absolute Gasteiger partial charge is 0.480 e. The van der Waals surface area contributed by atoms with Crippen LogP contribution in [0.2, 0.25) is 0 Å². The quantitative estimate of drug-likeness (QED) is 0.627. The van der Waals surface area contributed by atoms with Crippen molar-refractivity contribution in [2.75, 3.05) is 18.5 Å². The van der Waals surface area contributed by atoms with Crippen molar-refractivity contribution in [1.29, 1.82) is 0 Å². The van der Waals surface area contributed by atoms with Crippen LogP contribution in [0.25, 0.3) is 0 Å². The number of carbonyl (C=O) groups is 1. The minimum Gasteiger partial charge on any atom is -0.480 e. The summed E-state index contributed by atoms with van der Waals surface area (Å²) in [7, 11) is 1.50. The van der Waals surface area contributed by atoms with Gasteiger partial charge in [-0.3, -0.25) is 14.9 Å². The normalized spacial score (nSPS) is 10.7. The Morgan fingerprint density at radius 1 is 1.61 bits per heavy atom. The van der Waals surface area contributed by atoms with Gasteiger partial charge in [0.1, 0.15) is 12.2 Å². The van der Waals surface area contributed by atoms with Crippen molar-refractivity contribution in [3.63, 3.8) is 0 Å². The fourth-order valence-corrected chi connectivity index (χ4v) is 1.73. The summed E-state index contributed by atoms with van der Waals surface area (Å²) in [4.78, 5) is 22.5. The van der Waals surface area contributed by atoms with Gasteiger partial charge in [0.2, 0.25) is 5.82 Å². The number of carboxylic acids is 1. The zero-order valence-electron chi connectivity index (χ0n) is 10.7. The average molecular weight is 256 g/mol. The molecule has 8 heteroatoms. The SMILES string of the molecule is Cc1nn(C(C)C)c(N(C)CC(=O)O)c1[N+](=O)[O-]. The van der Waals surface area contributed by atoms with Crippen LogP contribution in [-0.2, 0) is 4.79 Å². The van der Waals surface area contributed by atoms with Gasteiger partial charge < -0.3 is 10.0 Å². The molecule has 8 nitrogen and oxygen atoms in total. The molecule has 0 aliphatic rings. The van der Waals surface area contributed by atoms with Crippen LogP contribution in [0.3, 0.4) is 0 Å². The Bertz CT molecular complexity index is 480. The molecule has 0 unspecified atom stereocenters. The summed E-state index contributed by atoms with van der Waals surface area (Å²) in [6.07, 6.45) is 0. The second-order valence-corrected chi connectivity index (χ2v) is 4.30. The second-order valence-electron chi connectivity index (χ2n) is 4.30. The molecule has 0 amide bonds. The Labute approximate surface area is 104 Å². The van der Waals surface area contributed by atoms with Gasteiger partial charge in [-0.25, -0.2) is 4.68 Å². The maximum atomic E-state index is 11.0. The van der Waals surface area contributed by atoms with E-state index in [1.807, 2.05) is 13.8 Å². The molecule has 0 saturated carbocycles. The lowest BCUT2D eigenvalue weighted by Gasteiger charge is -2.19. The Hall–Kier alpha value is -2.12. The van der Waals surface area contributed by atoms with Crippen LogP contribution >= 0.6 is 0 Å². The van der Waals surface area contributed by atoms with Crippen LogP contribution in [0.1, 0.15) is 25.6 Å². The molecule has 0 aliphatic heterocycles. The highest BCUT2D eigenvalue weighted by molar-refractivity contribution is 5.75. The topological polar surface area (TPSA) is 102 Å². The number of aliphatic carboxylic acids is 1. The van der Waals surface area contributed by atoms with Crippen molar-refractivity contribution in [3.05, 3.63) is 15.8 Å². The van der Waals surface area contributed by atoms with Gasteiger partial charge in [-0.05, 0) is 20.8 Å². The summed E-state index contributed by atoms with van der Waals surface area (Å²) in [6, 6.07) is -0.0938. The standard InChI is InChI=1S/C10H16N4O4/c1-6(2)13-10(12(4)5-8(15)16)9(14(17)18)7(3)11-13/h6H,5H2,1-4H3,(H,15,16). The third-order valence-electron chi connectivity index (χ3n) is 2.43. The van der Waals surface area contributed by atoms with Gasteiger partial charge in [0.05, 0.1) is 4.92 Å². The predicted octanol–water partition coefficient (Wildman–Crippen LogP) is 1.20. The van der Waals surface area contributed by atoms with Crippen LogP contribution < -0.4 is 4.90 Å². The molecule has 0 saturated heterocycles. The van der Waals surface area contributed by atoms with Gasteiger partial charge in [-0.1, -0.05) is 0 Å². The number of nitrogens with zero attached hydrogens (tertiary/aromatic N) is 4. The lowest BCUT2D eigenvalue weighted by molar-refractivity contribution is -0.384. The Morgan fingerprint density at radius 3 is 2.56 bits per heavy atom.